The third-order valence-corrected chi connectivity index (χ3v) is 3.71. The molecular weight excluding hydrogens is 280 g/mol. The van der Waals surface area contributed by atoms with E-state index in [0.29, 0.717) is 5.56 Å². The van der Waals surface area contributed by atoms with Crippen LogP contribution in [0.5, 0.6) is 5.75 Å². The van der Waals surface area contributed by atoms with E-state index in [0.717, 1.165) is 5.56 Å². The van der Waals surface area contributed by atoms with Gasteiger partial charge in [0.1, 0.15) is 11.3 Å². The lowest BCUT2D eigenvalue weighted by molar-refractivity contribution is 0.0693. The van der Waals surface area contributed by atoms with E-state index in [2.05, 4.69) is 0 Å². The third-order valence-electron chi connectivity index (χ3n) is 3.71. The second-order valence-electron chi connectivity index (χ2n) is 5.89. The van der Waals surface area contributed by atoms with E-state index in [1.54, 1.807) is 0 Å². The molecule has 0 saturated carbocycles. The largest absolute Gasteiger partial charge is 0.507 e. The summed E-state index contributed by atoms with van der Waals surface area (Å²) in [6.07, 6.45) is 0.267. The number of carbonyl (C=O) groups excluding carboxylic acids is 1. The number of hydrogen-bond acceptors (Lipinski definition) is 3. The molecular formula is C18H18O4. The minimum absolute atomic E-state index is 0.138. The second kappa shape index (κ2) is 6.02. The van der Waals surface area contributed by atoms with Crippen molar-refractivity contribution in [3.8, 4) is 5.75 Å². The van der Waals surface area contributed by atoms with Crippen molar-refractivity contribution in [1.29, 1.82) is 0 Å². The summed E-state index contributed by atoms with van der Waals surface area (Å²) < 4.78 is 0. The molecule has 4 nitrogen and oxygen atoms in total. The minimum atomic E-state index is -1.22. The predicted octanol–water partition coefficient (Wildman–Crippen LogP) is 3.64. The number of carboxylic acid groups (broad SMARTS) is 1. The van der Waals surface area contributed by atoms with Crippen molar-refractivity contribution in [2.24, 2.45) is 0 Å². The Balaban J connectivity index is 2.22. The number of hydrogen-bond donors (Lipinski definition) is 2. The first-order valence-electron chi connectivity index (χ1n) is 6.96. The average molecular weight is 298 g/mol. The van der Waals surface area contributed by atoms with Crippen molar-refractivity contribution < 1.29 is 19.8 Å². The Morgan fingerprint density at radius 2 is 1.68 bits per heavy atom. The van der Waals surface area contributed by atoms with Crippen LogP contribution in [0.1, 0.15) is 46.5 Å². The summed E-state index contributed by atoms with van der Waals surface area (Å²) >= 11 is 0. The lowest BCUT2D eigenvalue weighted by Gasteiger charge is -2.24. The number of aromatic carboxylic acids is 1. The molecule has 2 aromatic rings. The molecule has 2 N–H and O–H groups in total. The van der Waals surface area contributed by atoms with E-state index in [9.17, 15) is 14.7 Å². The molecule has 0 aliphatic heterocycles. The monoisotopic (exact) mass is 298 g/mol. The maximum absolute atomic E-state index is 12.4. The summed E-state index contributed by atoms with van der Waals surface area (Å²) in [6.45, 7) is 3.96. The highest BCUT2D eigenvalue weighted by Gasteiger charge is 2.25. The lowest BCUT2D eigenvalue weighted by atomic mass is 9.79. The van der Waals surface area contributed by atoms with Gasteiger partial charge in [-0.2, -0.15) is 0 Å². The van der Waals surface area contributed by atoms with Gasteiger partial charge < -0.3 is 10.2 Å². The van der Waals surface area contributed by atoms with Crippen LogP contribution in [0.25, 0.3) is 0 Å². The molecule has 0 radical (unpaired) electrons. The van der Waals surface area contributed by atoms with E-state index >= 15 is 0 Å². The highest BCUT2D eigenvalue weighted by molar-refractivity contribution is 5.99. The normalized spacial score (nSPS) is 11.2. The molecule has 0 fully saturated rings. The van der Waals surface area contributed by atoms with Gasteiger partial charge in [-0.3, -0.25) is 4.79 Å². The van der Waals surface area contributed by atoms with Crippen molar-refractivity contribution in [2.75, 3.05) is 0 Å². The molecule has 0 aromatic heterocycles. The number of phenols is 1. The standard InChI is InChI=1S/C18H18O4/c1-18(2,13-6-4-3-5-7-13)11-16(20)12-8-9-14(17(21)22)15(19)10-12/h3-10,19H,11H2,1-2H3,(H,21,22). The van der Waals surface area contributed by atoms with Crippen LogP contribution < -0.4 is 0 Å². The SMILES string of the molecule is CC(C)(CC(=O)c1ccc(C(=O)O)c(O)c1)c1ccccc1. The van der Waals surface area contributed by atoms with Crippen LogP contribution in [0.2, 0.25) is 0 Å². The number of Topliss-reactive ketones (excluding diaryl/α,β-unsaturated/α-hetero) is 1. The van der Waals surface area contributed by atoms with Crippen LogP contribution in [-0.4, -0.2) is 22.0 Å². The quantitative estimate of drug-likeness (QED) is 0.826. The topological polar surface area (TPSA) is 74.6 Å². The number of carbonyl (C=O) groups is 2. The zero-order valence-corrected chi connectivity index (χ0v) is 12.5. The molecule has 0 unspecified atom stereocenters. The second-order valence-corrected chi connectivity index (χ2v) is 5.89. The van der Waals surface area contributed by atoms with Crippen LogP contribution in [0.4, 0.5) is 0 Å². The van der Waals surface area contributed by atoms with Gasteiger partial charge in [0, 0.05) is 12.0 Å². The molecule has 0 aliphatic carbocycles. The van der Waals surface area contributed by atoms with Gasteiger partial charge in [0.05, 0.1) is 0 Å². The molecule has 0 spiro atoms. The van der Waals surface area contributed by atoms with E-state index in [4.69, 9.17) is 5.11 Å². The van der Waals surface area contributed by atoms with Gasteiger partial charge in [-0.05, 0) is 23.1 Å². The Hall–Kier alpha value is -2.62. The Kier molecular flexibility index (Phi) is 4.31. The Labute approximate surface area is 129 Å². The van der Waals surface area contributed by atoms with Crippen molar-refractivity contribution >= 4 is 11.8 Å². The molecule has 0 bridgehead atoms. The molecule has 0 saturated heterocycles. The molecule has 4 heteroatoms. The van der Waals surface area contributed by atoms with E-state index in [1.165, 1.54) is 18.2 Å². The smallest absolute Gasteiger partial charge is 0.339 e. The number of carboxylic acids is 1. The summed E-state index contributed by atoms with van der Waals surface area (Å²) in [4.78, 5) is 23.3. The average Bonchev–Trinajstić information content (AvgIpc) is 2.47. The number of aromatic hydroxyl groups is 1. The van der Waals surface area contributed by atoms with Crippen LogP contribution >= 0.6 is 0 Å². The fourth-order valence-electron chi connectivity index (χ4n) is 2.38. The highest BCUT2D eigenvalue weighted by atomic mass is 16.4. The summed E-state index contributed by atoms with van der Waals surface area (Å²) in [6, 6.07) is 13.6. The van der Waals surface area contributed by atoms with Gasteiger partial charge in [0.25, 0.3) is 0 Å². The molecule has 0 atom stereocenters. The predicted molar refractivity (Wildman–Crippen MR) is 83.5 cm³/mol. The van der Waals surface area contributed by atoms with Crippen molar-refractivity contribution in [3.05, 3.63) is 65.2 Å². The zero-order valence-electron chi connectivity index (χ0n) is 12.5. The molecule has 22 heavy (non-hydrogen) atoms. The number of ketones is 1. The van der Waals surface area contributed by atoms with Crippen LogP contribution in [-0.2, 0) is 5.41 Å². The lowest BCUT2D eigenvalue weighted by Crippen LogP contribution is -2.22. The van der Waals surface area contributed by atoms with Gasteiger partial charge in [-0.25, -0.2) is 4.79 Å². The van der Waals surface area contributed by atoms with Crippen molar-refractivity contribution in [1.82, 2.24) is 0 Å². The van der Waals surface area contributed by atoms with Crippen LogP contribution in [0.3, 0.4) is 0 Å². The first-order valence-corrected chi connectivity index (χ1v) is 6.96. The minimum Gasteiger partial charge on any atom is -0.507 e. The third kappa shape index (κ3) is 3.34. The Morgan fingerprint density at radius 3 is 2.23 bits per heavy atom. The Morgan fingerprint density at radius 1 is 1.05 bits per heavy atom. The summed E-state index contributed by atoms with van der Waals surface area (Å²) in [7, 11) is 0. The summed E-state index contributed by atoms with van der Waals surface area (Å²) in [5.74, 6) is -1.75. The van der Waals surface area contributed by atoms with Crippen molar-refractivity contribution in [3.63, 3.8) is 0 Å². The fourth-order valence-corrected chi connectivity index (χ4v) is 2.38. The maximum Gasteiger partial charge on any atom is 0.339 e. The summed E-state index contributed by atoms with van der Waals surface area (Å²) in [5.41, 5.74) is 0.805. The highest BCUT2D eigenvalue weighted by Crippen LogP contribution is 2.29. The van der Waals surface area contributed by atoms with Gasteiger partial charge >= 0.3 is 5.97 Å². The molecule has 2 rings (SSSR count). The molecule has 0 aliphatic rings. The van der Waals surface area contributed by atoms with E-state index in [1.807, 2.05) is 44.2 Å². The van der Waals surface area contributed by atoms with Gasteiger partial charge in [-0.15, -0.1) is 0 Å². The van der Waals surface area contributed by atoms with Gasteiger partial charge in [0.15, 0.2) is 5.78 Å². The zero-order chi connectivity index (χ0) is 16.3. The van der Waals surface area contributed by atoms with E-state index < -0.39 is 11.7 Å². The molecule has 0 amide bonds. The maximum atomic E-state index is 12.4. The van der Waals surface area contributed by atoms with Gasteiger partial charge in [-0.1, -0.05) is 50.2 Å². The first kappa shape index (κ1) is 15.8. The van der Waals surface area contributed by atoms with Crippen LogP contribution in [0, 0.1) is 0 Å². The molecule has 0 heterocycles. The number of benzene rings is 2. The number of rotatable bonds is 5. The first-order chi connectivity index (χ1) is 10.3. The van der Waals surface area contributed by atoms with E-state index in [-0.39, 0.29) is 23.2 Å². The molecule has 2 aromatic carbocycles. The van der Waals surface area contributed by atoms with Gasteiger partial charge in [0.2, 0.25) is 0 Å². The summed E-state index contributed by atoms with van der Waals surface area (Å²) in [5, 5.41) is 18.6. The fraction of sp³-hybridized carbons (Fsp3) is 0.222. The Bertz CT molecular complexity index is 702. The van der Waals surface area contributed by atoms with Crippen LogP contribution in [0.15, 0.2) is 48.5 Å². The van der Waals surface area contributed by atoms with Crippen molar-refractivity contribution in [2.45, 2.75) is 25.7 Å². The molecule has 114 valence electrons.